The molecule has 1 aromatic heterocycles. The van der Waals surface area contributed by atoms with Crippen LogP contribution in [-0.4, -0.2) is 16.0 Å². The SMILES string of the molecule is O=C(Nc1ccc(F)cc1)Nc1ccc(CCc2nc3ccccc3[nH]2)cc1. The van der Waals surface area contributed by atoms with Gasteiger partial charge >= 0.3 is 6.03 Å². The smallest absolute Gasteiger partial charge is 0.323 e. The molecule has 0 unspecified atom stereocenters. The van der Waals surface area contributed by atoms with Crippen molar-refractivity contribution < 1.29 is 9.18 Å². The number of fused-ring (bicyclic) bond motifs is 1. The molecule has 4 aromatic rings. The summed E-state index contributed by atoms with van der Waals surface area (Å²) in [6, 6.07) is 20.9. The number of carbonyl (C=O) groups is 1. The Hall–Kier alpha value is -3.67. The molecule has 0 aliphatic carbocycles. The standard InChI is InChI=1S/C22H19FN4O/c23-16-8-12-18(13-9-16)25-22(28)24-17-10-5-15(6-11-17)7-14-21-26-19-3-1-2-4-20(19)27-21/h1-6,8-13H,7,14H2,(H,26,27)(H2,24,25,28). The second kappa shape index (κ2) is 7.92. The lowest BCUT2D eigenvalue weighted by Gasteiger charge is -2.08. The molecule has 0 saturated heterocycles. The van der Waals surface area contributed by atoms with Crippen LogP contribution in [0.3, 0.4) is 0 Å². The molecule has 0 aliphatic heterocycles. The lowest BCUT2D eigenvalue weighted by molar-refractivity contribution is 0.262. The van der Waals surface area contributed by atoms with Gasteiger partial charge in [-0.25, -0.2) is 14.2 Å². The van der Waals surface area contributed by atoms with Gasteiger partial charge in [0.15, 0.2) is 0 Å². The van der Waals surface area contributed by atoms with Crippen LogP contribution in [0, 0.1) is 5.82 Å². The zero-order valence-corrected chi connectivity index (χ0v) is 15.1. The summed E-state index contributed by atoms with van der Waals surface area (Å²) in [5.41, 5.74) is 4.40. The maximum atomic E-state index is 12.9. The summed E-state index contributed by atoms with van der Waals surface area (Å²) >= 11 is 0. The zero-order valence-electron chi connectivity index (χ0n) is 15.1. The number of rotatable bonds is 5. The number of carbonyl (C=O) groups excluding carboxylic acids is 1. The number of amides is 2. The van der Waals surface area contributed by atoms with E-state index in [0.29, 0.717) is 11.4 Å². The molecule has 1 heterocycles. The number of imidazole rings is 1. The van der Waals surface area contributed by atoms with Crippen LogP contribution in [0.4, 0.5) is 20.6 Å². The molecule has 0 radical (unpaired) electrons. The van der Waals surface area contributed by atoms with Gasteiger partial charge in [-0.3, -0.25) is 0 Å². The average Bonchev–Trinajstić information content (AvgIpc) is 3.12. The largest absolute Gasteiger partial charge is 0.342 e. The molecule has 0 atom stereocenters. The fraction of sp³-hybridized carbons (Fsp3) is 0.0909. The van der Waals surface area contributed by atoms with E-state index in [1.165, 1.54) is 24.3 Å². The van der Waals surface area contributed by atoms with E-state index in [1.807, 2.05) is 48.5 Å². The minimum atomic E-state index is -0.373. The third-order valence-corrected chi connectivity index (χ3v) is 4.40. The number of aromatic nitrogens is 2. The maximum Gasteiger partial charge on any atom is 0.323 e. The molecule has 5 nitrogen and oxygen atoms in total. The first-order valence-electron chi connectivity index (χ1n) is 9.02. The Balaban J connectivity index is 1.31. The van der Waals surface area contributed by atoms with Gasteiger partial charge in [-0.1, -0.05) is 24.3 Å². The minimum Gasteiger partial charge on any atom is -0.342 e. The van der Waals surface area contributed by atoms with Gasteiger partial charge in [0.1, 0.15) is 11.6 Å². The Morgan fingerprint density at radius 1 is 0.857 bits per heavy atom. The maximum absolute atomic E-state index is 12.9. The number of urea groups is 1. The third-order valence-electron chi connectivity index (χ3n) is 4.40. The highest BCUT2D eigenvalue weighted by atomic mass is 19.1. The van der Waals surface area contributed by atoms with Crippen LogP contribution >= 0.6 is 0 Å². The molecular formula is C22H19FN4O. The van der Waals surface area contributed by atoms with Gasteiger partial charge in [-0.2, -0.15) is 0 Å². The van der Waals surface area contributed by atoms with E-state index in [9.17, 15) is 9.18 Å². The summed E-state index contributed by atoms with van der Waals surface area (Å²) in [6.07, 6.45) is 1.66. The number of nitrogens with one attached hydrogen (secondary N) is 3. The molecule has 3 N–H and O–H groups in total. The first-order chi connectivity index (χ1) is 13.7. The Labute approximate surface area is 161 Å². The summed E-state index contributed by atoms with van der Waals surface area (Å²) in [5.74, 6) is 0.617. The van der Waals surface area contributed by atoms with Crippen LogP contribution in [0.2, 0.25) is 0 Å². The molecule has 0 spiro atoms. The van der Waals surface area contributed by atoms with Crippen LogP contribution < -0.4 is 10.6 Å². The monoisotopic (exact) mass is 374 g/mol. The molecule has 3 aromatic carbocycles. The van der Waals surface area contributed by atoms with Crippen LogP contribution in [0.25, 0.3) is 11.0 Å². The topological polar surface area (TPSA) is 69.8 Å². The Morgan fingerprint density at radius 3 is 2.18 bits per heavy atom. The second-order valence-electron chi connectivity index (χ2n) is 6.48. The van der Waals surface area contributed by atoms with Crippen molar-refractivity contribution in [1.29, 1.82) is 0 Å². The van der Waals surface area contributed by atoms with E-state index in [-0.39, 0.29) is 11.8 Å². The summed E-state index contributed by atoms with van der Waals surface area (Å²) in [7, 11) is 0. The van der Waals surface area contributed by atoms with Gasteiger partial charge in [0.2, 0.25) is 0 Å². The van der Waals surface area contributed by atoms with E-state index in [1.54, 1.807) is 0 Å². The summed E-state index contributed by atoms with van der Waals surface area (Å²) in [5, 5.41) is 5.42. The van der Waals surface area contributed by atoms with Gasteiger partial charge in [0, 0.05) is 17.8 Å². The Kier molecular flexibility index (Phi) is 5.01. The lowest BCUT2D eigenvalue weighted by atomic mass is 10.1. The molecule has 28 heavy (non-hydrogen) atoms. The first kappa shape index (κ1) is 17.7. The van der Waals surface area contributed by atoms with E-state index in [0.717, 1.165) is 35.3 Å². The van der Waals surface area contributed by atoms with Crippen molar-refractivity contribution in [1.82, 2.24) is 9.97 Å². The van der Waals surface area contributed by atoms with Gasteiger partial charge in [0.25, 0.3) is 0 Å². The van der Waals surface area contributed by atoms with Crippen molar-refractivity contribution in [2.75, 3.05) is 10.6 Å². The second-order valence-corrected chi connectivity index (χ2v) is 6.48. The average molecular weight is 374 g/mol. The molecule has 140 valence electrons. The molecule has 4 rings (SSSR count). The van der Waals surface area contributed by atoms with E-state index < -0.39 is 0 Å². The van der Waals surface area contributed by atoms with Gasteiger partial charge in [0.05, 0.1) is 11.0 Å². The number of hydrogen-bond acceptors (Lipinski definition) is 2. The molecule has 0 fully saturated rings. The predicted molar refractivity (Wildman–Crippen MR) is 109 cm³/mol. The van der Waals surface area contributed by atoms with Crippen molar-refractivity contribution in [2.45, 2.75) is 12.8 Å². The number of anilines is 2. The fourth-order valence-electron chi connectivity index (χ4n) is 2.97. The number of hydrogen-bond donors (Lipinski definition) is 3. The van der Waals surface area contributed by atoms with E-state index >= 15 is 0 Å². The molecule has 0 bridgehead atoms. The molecular weight excluding hydrogens is 355 g/mol. The van der Waals surface area contributed by atoms with Gasteiger partial charge in [-0.15, -0.1) is 0 Å². The first-order valence-corrected chi connectivity index (χ1v) is 9.02. The minimum absolute atomic E-state index is 0.343. The molecule has 0 aliphatic rings. The van der Waals surface area contributed by atoms with Gasteiger partial charge < -0.3 is 15.6 Å². The zero-order chi connectivity index (χ0) is 19.3. The molecule has 2 amide bonds. The van der Waals surface area contributed by atoms with Crippen molar-refractivity contribution in [3.05, 3.63) is 90.0 Å². The number of nitrogens with zero attached hydrogens (tertiary/aromatic N) is 1. The predicted octanol–water partition coefficient (Wildman–Crippen LogP) is 5.13. The number of para-hydroxylation sites is 2. The van der Waals surface area contributed by atoms with Crippen LogP contribution in [-0.2, 0) is 12.8 Å². The quantitative estimate of drug-likeness (QED) is 0.453. The van der Waals surface area contributed by atoms with Crippen molar-refractivity contribution in [3.8, 4) is 0 Å². The normalized spacial score (nSPS) is 10.8. The summed E-state index contributed by atoms with van der Waals surface area (Å²) < 4.78 is 12.9. The van der Waals surface area contributed by atoms with Crippen molar-refractivity contribution >= 4 is 28.4 Å². The van der Waals surface area contributed by atoms with Crippen molar-refractivity contribution in [2.24, 2.45) is 0 Å². The molecule has 0 saturated carbocycles. The van der Waals surface area contributed by atoms with Crippen LogP contribution in [0.15, 0.2) is 72.8 Å². The Morgan fingerprint density at radius 2 is 1.50 bits per heavy atom. The Bertz CT molecular complexity index is 1050. The third kappa shape index (κ3) is 4.35. The number of H-pyrrole nitrogens is 1. The number of halogens is 1. The highest BCUT2D eigenvalue weighted by molar-refractivity contribution is 5.99. The van der Waals surface area contributed by atoms with Crippen LogP contribution in [0.5, 0.6) is 0 Å². The summed E-state index contributed by atoms with van der Waals surface area (Å²) in [6.45, 7) is 0. The lowest BCUT2D eigenvalue weighted by Crippen LogP contribution is -2.19. The highest BCUT2D eigenvalue weighted by Gasteiger charge is 2.05. The number of aromatic amines is 1. The summed E-state index contributed by atoms with van der Waals surface area (Å²) in [4.78, 5) is 19.9. The van der Waals surface area contributed by atoms with Crippen molar-refractivity contribution in [3.63, 3.8) is 0 Å². The highest BCUT2D eigenvalue weighted by Crippen LogP contribution is 2.15. The van der Waals surface area contributed by atoms with E-state index in [4.69, 9.17) is 0 Å². The number of benzene rings is 3. The van der Waals surface area contributed by atoms with E-state index in [2.05, 4.69) is 20.6 Å². The van der Waals surface area contributed by atoms with Gasteiger partial charge in [-0.05, 0) is 60.5 Å². The number of aryl methyl sites for hydroxylation is 2. The fourth-order valence-corrected chi connectivity index (χ4v) is 2.97. The molecule has 6 heteroatoms. The van der Waals surface area contributed by atoms with Crippen LogP contribution in [0.1, 0.15) is 11.4 Å².